The number of nitrogens with zero attached hydrogens (tertiary/aromatic N) is 3. The van der Waals surface area contributed by atoms with E-state index in [9.17, 15) is 0 Å². The fourth-order valence-corrected chi connectivity index (χ4v) is 1.74. The molecule has 0 aliphatic carbocycles. The highest BCUT2D eigenvalue weighted by Crippen LogP contribution is 2.11. The van der Waals surface area contributed by atoms with Gasteiger partial charge in [0.05, 0.1) is 12.3 Å². The minimum absolute atomic E-state index is 0.00307. The van der Waals surface area contributed by atoms with Gasteiger partial charge >= 0.3 is 0 Å². The van der Waals surface area contributed by atoms with Crippen LogP contribution in [0.5, 0.6) is 0 Å². The molecule has 1 aromatic rings. The van der Waals surface area contributed by atoms with Crippen molar-refractivity contribution in [1.82, 2.24) is 9.88 Å². The molecule has 4 nitrogen and oxygen atoms in total. The SMILES string of the molecule is CCN(CCCN(C)C)c1cccc(CO)n1. The van der Waals surface area contributed by atoms with E-state index >= 15 is 0 Å². The number of aliphatic hydroxyl groups excluding tert-OH is 1. The fourth-order valence-electron chi connectivity index (χ4n) is 1.74. The molecule has 4 heteroatoms. The molecule has 0 aliphatic heterocycles. The fraction of sp³-hybridized carbons (Fsp3) is 0.615. The summed E-state index contributed by atoms with van der Waals surface area (Å²) in [6.45, 7) is 5.15. The number of aliphatic hydroxyl groups is 1. The van der Waals surface area contributed by atoms with Crippen LogP contribution in [0.2, 0.25) is 0 Å². The summed E-state index contributed by atoms with van der Waals surface area (Å²) in [5, 5.41) is 9.08. The molecule has 1 N–H and O–H groups in total. The molecular formula is C13H23N3O. The van der Waals surface area contributed by atoms with Gasteiger partial charge < -0.3 is 14.9 Å². The second-order valence-electron chi connectivity index (χ2n) is 4.38. The first-order chi connectivity index (χ1) is 8.17. The van der Waals surface area contributed by atoms with E-state index in [1.54, 1.807) is 0 Å². The Morgan fingerprint density at radius 1 is 1.24 bits per heavy atom. The molecule has 0 saturated carbocycles. The van der Waals surface area contributed by atoms with Crippen molar-refractivity contribution in [2.75, 3.05) is 38.6 Å². The van der Waals surface area contributed by atoms with Gasteiger partial charge in [-0.05, 0) is 46.1 Å². The zero-order valence-corrected chi connectivity index (χ0v) is 11.1. The van der Waals surface area contributed by atoms with Crippen molar-refractivity contribution in [3.05, 3.63) is 23.9 Å². The first-order valence-electron chi connectivity index (χ1n) is 6.13. The standard InChI is InChI=1S/C13H23N3O/c1-4-16(10-6-9-15(2)3)13-8-5-7-12(11-17)14-13/h5,7-8,17H,4,6,9-11H2,1-3H3. The third kappa shape index (κ3) is 4.71. The highest BCUT2D eigenvalue weighted by Gasteiger charge is 2.06. The molecule has 0 amide bonds. The van der Waals surface area contributed by atoms with Crippen LogP contribution in [0.1, 0.15) is 19.0 Å². The van der Waals surface area contributed by atoms with Crippen molar-refractivity contribution >= 4 is 5.82 Å². The van der Waals surface area contributed by atoms with E-state index < -0.39 is 0 Å². The van der Waals surface area contributed by atoms with Gasteiger partial charge in [0.25, 0.3) is 0 Å². The van der Waals surface area contributed by atoms with Crippen LogP contribution < -0.4 is 4.90 Å². The van der Waals surface area contributed by atoms with Gasteiger partial charge in [-0.3, -0.25) is 0 Å². The smallest absolute Gasteiger partial charge is 0.128 e. The summed E-state index contributed by atoms with van der Waals surface area (Å²) in [7, 11) is 4.17. The van der Waals surface area contributed by atoms with E-state index in [1.165, 1.54) is 0 Å². The Labute approximate surface area is 104 Å². The molecule has 1 rings (SSSR count). The predicted octanol–water partition coefficient (Wildman–Crippen LogP) is 1.35. The number of pyridine rings is 1. The lowest BCUT2D eigenvalue weighted by molar-refractivity contribution is 0.277. The summed E-state index contributed by atoms with van der Waals surface area (Å²) in [4.78, 5) is 8.85. The first-order valence-corrected chi connectivity index (χ1v) is 6.13. The second kappa shape index (κ2) is 7.25. The number of rotatable bonds is 7. The van der Waals surface area contributed by atoms with E-state index in [0.29, 0.717) is 0 Å². The summed E-state index contributed by atoms with van der Waals surface area (Å²) in [5.41, 5.74) is 0.730. The molecule has 0 bridgehead atoms. The Balaban J connectivity index is 2.59. The van der Waals surface area contributed by atoms with Gasteiger partial charge in [-0.2, -0.15) is 0 Å². The van der Waals surface area contributed by atoms with Crippen molar-refractivity contribution < 1.29 is 5.11 Å². The van der Waals surface area contributed by atoms with Crippen LogP contribution in [0, 0.1) is 0 Å². The lowest BCUT2D eigenvalue weighted by Gasteiger charge is -2.23. The third-order valence-electron chi connectivity index (χ3n) is 2.69. The summed E-state index contributed by atoms with van der Waals surface area (Å²) >= 11 is 0. The van der Waals surface area contributed by atoms with Gasteiger partial charge in [-0.25, -0.2) is 4.98 Å². The topological polar surface area (TPSA) is 39.6 Å². The molecule has 1 heterocycles. The predicted molar refractivity (Wildman–Crippen MR) is 71.2 cm³/mol. The van der Waals surface area contributed by atoms with Crippen LogP contribution in [0.25, 0.3) is 0 Å². The average molecular weight is 237 g/mol. The minimum atomic E-state index is 0.00307. The van der Waals surface area contributed by atoms with Gasteiger partial charge in [-0.15, -0.1) is 0 Å². The number of hydrogen-bond acceptors (Lipinski definition) is 4. The Hall–Kier alpha value is -1.13. The molecule has 96 valence electrons. The van der Waals surface area contributed by atoms with Crippen LogP contribution in [0.15, 0.2) is 18.2 Å². The maximum absolute atomic E-state index is 9.08. The van der Waals surface area contributed by atoms with Gasteiger partial charge in [0, 0.05) is 13.1 Å². The first kappa shape index (κ1) is 13.9. The summed E-state index contributed by atoms with van der Waals surface area (Å²) < 4.78 is 0. The monoisotopic (exact) mass is 237 g/mol. The van der Waals surface area contributed by atoms with Gasteiger partial charge in [0.15, 0.2) is 0 Å². The van der Waals surface area contributed by atoms with Gasteiger partial charge in [0.1, 0.15) is 5.82 Å². The van der Waals surface area contributed by atoms with Crippen LogP contribution in [-0.2, 0) is 6.61 Å². The molecular weight excluding hydrogens is 214 g/mol. The summed E-state index contributed by atoms with van der Waals surface area (Å²) in [5.74, 6) is 0.956. The largest absolute Gasteiger partial charge is 0.390 e. The Kier molecular flexibility index (Phi) is 5.94. The van der Waals surface area contributed by atoms with Crippen molar-refractivity contribution in [2.45, 2.75) is 20.0 Å². The maximum atomic E-state index is 9.08. The lowest BCUT2D eigenvalue weighted by atomic mass is 10.3. The zero-order chi connectivity index (χ0) is 12.7. The van der Waals surface area contributed by atoms with Gasteiger partial charge in [-0.1, -0.05) is 6.07 Å². The highest BCUT2D eigenvalue weighted by molar-refractivity contribution is 5.38. The molecule has 0 aromatic carbocycles. The minimum Gasteiger partial charge on any atom is -0.390 e. The van der Waals surface area contributed by atoms with Crippen molar-refractivity contribution in [3.63, 3.8) is 0 Å². The second-order valence-corrected chi connectivity index (χ2v) is 4.38. The number of hydrogen-bond donors (Lipinski definition) is 1. The van der Waals surface area contributed by atoms with Crippen molar-refractivity contribution in [1.29, 1.82) is 0 Å². The van der Waals surface area contributed by atoms with Crippen LogP contribution in [0.3, 0.4) is 0 Å². The van der Waals surface area contributed by atoms with Crippen LogP contribution in [-0.4, -0.2) is 48.7 Å². The Bertz CT molecular complexity index is 328. The molecule has 0 aliphatic rings. The third-order valence-corrected chi connectivity index (χ3v) is 2.69. The number of anilines is 1. The van der Waals surface area contributed by atoms with Crippen molar-refractivity contribution in [3.8, 4) is 0 Å². The van der Waals surface area contributed by atoms with E-state index in [4.69, 9.17) is 5.11 Å². The highest BCUT2D eigenvalue weighted by atomic mass is 16.3. The molecule has 0 radical (unpaired) electrons. The lowest BCUT2D eigenvalue weighted by Crippen LogP contribution is -2.27. The maximum Gasteiger partial charge on any atom is 0.128 e. The van der Waals surface area contributed by atoms with Gasteiger partial charge in [0.2, 0.25) is 0 Å². The van der Waals surface area contributed by atoms with E-state index in [-0.39, 0.29) is 6.61 Å². The van der Waals surface area contributed by atoms with Crippen LogP contribution >= 0.6 is 0 Å². The molecule has 0 fully saturated rings. The van der Waals surface area contributed by atoms with E-state index in [2.05, 4.69) is 35.8 Å². The molecule has 0 spiro atoms. The van der Waals surface area contributed by atoms with E-state index in [0.717, 1.165) is 37.6 Å². The van der Waals surface area contributed by atoms with E-state index in [1.807, 2.05) is 18.2 Å². The number of aromatic nitrogens is 1. The normalized spacial score (nSPS) is 10.9. The van der Waals surface area contributed by atoms with Crippen LogP contribution in [0.4, 0.5) is 5.82 Å². The zero-order valence-electron chi connectivity index (χ0n) is 11.1. The molecule has 1 aromatic heterocycles. The summed E-state index contributed by atoms with van der Waals surface area (Å²) in [6, 6.07) is 5.79. The Morgan fingerprint density at radius 3 is 2.59 bits per heavy atom. The molecule has 0 atom stereocenters. The molecule has 0 saturated heterocycles. The average Bonchev–Trinajstić information content (AvgIpc) is 2.34. The van der Waals surface area contributed by atoms with Crippen molar-refractivity contribution in [2.24, 2.45) is 0 Å². The molecule has 0 unspecified atom stereocenters. The Morgan fingerprint density at radius 2 is 2.00 bits per heavy atom. The summed E-state index contributed by atoms with van der Waals surface area (Å²) in [6.07, 6.45) is 1.12. The quantitative estimate of drug-likeness (QED) is 0.777. The molecule has 17 heavy (non-hydrogen) atoms.